The van der Waals surface area contributed by atoms with Crippen LogP contribution in [0.5, 0.6) is 0 Å². The molecule has 0 bridgehead atoms. The third kappa shape index (κ3) is 3.12. The van der Waals surface area contributed by atoms with Crippen LogP contribution in [0.15, 0.2) is 72.9 Å². The number of aromatic amines is 1. The largest absolute Gasteiger partial charge is 0.305 e. The SMILES string of the molecule is Cc1cc(NC(=O)c2cn(-c3ccccc3)nc2-c2ccccc2)n[nH]1. The Bertz CT molecular complexity index is 1030. The van der Waals surface area contributed by atoms with E-state index in [-0.39, 0.29) is 5.91 Å². The molecule has 4 rings (SSSR count). The third-order valence-corrected chi connectivity index (χ3v) is 3.97. The van der Waals surface area contributed by atoms with E-state index in [1.54, 1.807) is 16.9 Å². The Morgan fingerprint density at radius 3 is 2.38 bits per heavy atom. The molecule has 0 aliphatic rings. The number of amides is 1. The molecule has 1 amide bonds. The van der Waals surface area contributed by atoms with Gasteiger partial charge in [0.15, 0.2) is 5.82 Å². The zero-order valence-electron chi connectivity index (χ0n) is 14.2. The Hall–Kier alpha value is -3.67. The van der Waals surface area contributed by atoms with Gasteiger partial charge in [-0.3, -0.25) is 9.89 Å². The summed E-state index contributed by atoms with van der Waals surface area (Å²) < 4.78 is 1.72. The standard InChI is InChI=1S/C20H17N5O/c1-14-12-18(23-22-14)21-20(26)17-13-25(16-10-6-3-7-11-16)24-19(17)15-8-4-2-5-9-15/h2-13H,1H3,(H2,21,22,23,26). The molecule has 6 nitrogen and oxygen atoms in total. The van der Waals surface area contributed by atoms with E-state index in [0.717, 1.165) is 16.9 Å². The number of hydrogen-bond acceptors (Lipinski definition) is 3. The first-order chi connectivity index (χ1) is 12.7. The van der Waals surface area contributed by atoms with Crippen molar-refractivity contribution in [3.8, 4) is 16.9 Å². The van der Waals surface area contributed by atoms with Gasteiger partial charge < -0.3 is 5.32 Å². The number of hydrogen-bond donors (Lipinski definition) is 2. The molecule has 6 heteroatoms. The van der Waals surface area contributed by atoms with Gasteiger partial charge in [-0.2, -0.15) is 10.2 Å². The van der Waals surface area contributed by atoms with Crippen molar-refractivity contribution in [1.82, 2.24) is 20.0 Å². The van der Waals surface area contributed by atoms with Crippen molar-refractivity contribution in [3.63, 3.8) is 0 Å². The summed E-state index contributed by atoms with van der Waals surface area (Å²) >= 11 is 0. The van der Waals surface area contributed by atoms with Crippen LogP contribution in [0.2, 0.25) is 0 Å². The first-order valence-corrected chi connectivity index (χ1v) is 8.24. The van der Waals surface area contributed by atoms with Crippen LogP contribution in [0.3, 0.4) is 0 Å². The predicted molar refractivity (Wildman–Crippen MR) is 100 cm³/mol. The van der Waals surface area contributed by atoms with Gasteiger partial charge in [0.05, 0.1) is 11.3 Å². The van der Waals surface area contributed by atoms with Gasteiger partial charge in [-0.1, -0.05) is 48.5 Å². The maximum absolute atomic E-state index is 12.8. The van der Waals surface area contributed by atoms with Gasteiger partial charge in [0, 0.05) is 23.5 Å². The first-order valence-electron chi connectivity index (χ1n) is 8.24. The number of nitrogens with one attached hydrogen (secondary N) is 2. The average molecular weight is 343 g/mol. The van der Waals surface area contributed by atoms with Crippen molar-refractivity contribution in [2.45, 2.75) is 6.92 Å². The van der Waals surface area contributed by atoms with Crippen LogP contribution in [0.25, 0.3) is 16.9 Å². The van der Waals surface area contributed by atoms with E-state index in [9.17, 15) is 4.79 Å². The Labute approximate surface area is 150 Å². The number of carbonyl (C=O) groups is 1. The number of aryl methyl sites for hydroxylation is 1. The van der Waals surface area contributed by atoms with E-state index < -0.39 is 0 Å². The molecular formula is C20H17N5O. The normalized spacial score (nSPS) is 10.7. The zero-order chi connectivity index (χ0) is 17.9. The van der Waals surface area contributed by atoms with E-state index in [2.05, 4.69) is 20.6 Å². The van der Waals surface area contributed by atoms with E-state index in [4.69, 9.17) is 0 Å². The highest BCUT2D eigenvalue weighted by molar-refractivity contribution is 6.07. The highest BCUT2D eigenvalue weighted by Gasteiger charge is 2.19. The summed E-state index contributed by atoms with van der Waals surface area (Å²) in [4.78, 5) is 12.8. The van der Waals surface area contributed by atoms with Gasteiger partial charge in [-0.25, -0.2) is 4.68 Å². The van der Waals surface area contributed by atoms with Crippen molar-refractivity contribution < 1.29 is 4.79 Å². The second-order valence-corrected chi connectivity index (χ2v) is 5.93. The number of rotatable bonds is 4. The number of carbonyl (C=O) groups excluding carboxylic acids is 1. The number of H-pyrrole nitrogens is 1. The molecule has 2 heterocycles. The third-order valence-electron chi connectivity index (χ3n) is 3.97. The van der Waals surface area contributed by atoms with Gasteiger partial charge in [-0.15, -0.1) is 0 Å². The van der Waals surface area contributed by atoms with E-state index in [1.165, 1.54) is 0 Å². The fourth-order valence-electron chi connectivity index (χ4n) is 2.73. The summed E-state index contributed by atoms with van der Waals surface area (Å²) in [5.74, 6) is 0.233. The fourth-order valence-corrected chi connectivity index (χ4v) is 2.73. The maximum Gasteiger partial charge on any atom is 0.260 e. The van der Waals surface area contributed by atoms with Crippen LogP contribution in [-0.4, -0.2) is 25.9 Å². The van der Waals surface area contributed by atoms with Gasteiger partial charge in [0.2, 0.25) is 0 Å². The van der Waals surface area contributed by atoms with Crippen LogP contribution in [0, 0.1) is 6.92 Å². The molecule has 128 valence electrons. The fraction of sp³-hybridized carbons (Fsp3) is 0.0500. The molecule has 2 aromatic heterocycles. The first kappa shape index (κ1) is 15.8. The lowest BCUT2D eigenvalue weighted by Gasteiger charge is -2.02. The summed E-state index contributed by atoms with van der Waals surface area (Å²) in [5, 5.41) is 14.3. The molecule has 2 aromatic carbocycles. The molecule has 26 heavy (non-hydrogen) atoms. The van der Waals surface area contributed by atoms with Crippen LogP contribution >= 0.6 is 0 Å². The minimum atomic E-state index is -0.252. The molecule has 0 aliphatic heterocycles. The van der Waals surface area contributed by atoms with E-state index >= 15 is 0 Å². The van der Waals surface area contributed by atoms with Crippen LogP contribution in [0.4, 0.5) is 5.82 Å². The highest BCUT2D eigenvalue weighted by atomic mass is 16.1. The van der Waals surface area contributed by atoms with E-state index in [0.29, 0.717) is 17.1 Å². The summed E-state index contributed by atoms with van der Waals surface area (Å²) in [7, 11) is 0. The quantitative estimate of drug-likeness (QED) is 0.591. The molecule has 2 N–H and O–H groups in total. The summed E-state index contributed by atoms with van der Waals surface area (Å²) in [6.45, 7) is 1.88. The molecule has 0 fully saturated rings. The van der Waals surface area contributed by atoms with Gasteiger partial charge in [-0.05, 0) is 19.1 Å². The molecule has 0 spiro atoms. The number of aromatic nitrogens is 4. The lowest BCUT2D eigenvalue weighted by Crippen LogP contribution is -2.12. The molecule has 0 unspecified atom stereocenters. The van der Waals surface area contributed by atoms with Crippen molar-refractivity contribution in [1.29, 1.82) is 0 Å². The van der Waals surface area contributed by atoms with Crippen LogP contribution in [-0.2, 0) is 0 Å². The monoisotopic (exact) mass is 343 g/mol. The molecule has 0 radical (unpaired) electrons. The topological polar surface area (TPSA) is 75.6 Å². The minimum absolute atomic E-state index is 0.252. The number of para-hydroxylation sites is 1. The van der Waals surface area contributed by atoms with Crippen molar-refractivity contribution in [2.75, 3.05) is 5.32 Å². The second-order valence-electron chi connectivity index (χ2n) is 5.93. The highest BCUT2D eigenvalue weighted by Crippen LogP contribution is 2.24. The summed E-state index contributed by atoms with van der Waals surface area (Å²) in [6, 6.07) is 21.1. The van der Waals surface area contributed by atoms with E-state index in [1.807, 2.05) is 67.6 Å². The molecule has 0 aliphatic carbocycles. The summed E-state index contributed by atoms with van der Waals surface area (Å²) in [5.41, 5.74) is 3.76. The second kappa shape index (κ2) is 6.68. The number of benzene rings is 2. The smallest absolute Gasteiger partial charge is 0.260 e. The molecule has 0 saturated carbocycles. The molecule has 0 atom stereocenters. The predicted octanol–water partition coefficient (Wildman–Crippen LogP) is 3.82. The lowest BCUT2D eigenvalue weighted by molar-refractivity contribution is 0.102. The zero-order valence-corrected chi connectivity index (χ0v) is 14.2. The van der Waals surface area contributed by atoms with Crippen LogP contribution in [0.1, 0.15) is 16.1 Å². The van der Waals surface area contributed by atoms with Gasteiger partial charge >= 0.3 is 0 Å². The number of anilines is 1. The molecule has 4 aromatic rings. The van der Waals surface area contributed by atoms with Gasteiger partial charge in [0.25, 0.3) is 5.91 Å². The summed E-state index contributed by atoms with van der Waals surface area (Å²) in [6.07, 6.45) is 1.74. The Morgan fingerprint density at radius 1 is 1.04 bits per heavy atom. The van der Waals surface area contributed by atoms with Crippen molar-refractivity contribution in [3.05, 3.63) is 84.2 Å². The van der Waals surface area contributed by atoms with Crippen molar-refractivity contribution in [2.24, 2.45) is 0 Å². The lowest BCUT2D eigenvalue weighted by atomic mass is 10.1. The van der Waals surface area contributed by atoms with Crippen molar-refractivity contribution >= 4 is 11.7 Å². The Balaban J connectivity index is 1.76. The Kier molecular flexibility index (Phi) is 4.07. The number of nitrogens with zero attached hydrogens (tertiary/aromatic N) is 3. The molecule has 0 saturated heterocycles. The Morgan fingerprint density at radius 2 is 1.73 bits per heavy atom. The maximum atomic E-state index is 12.8. The molecular weight excluding hydrogens is 326 g/mol. The van der Waals surface area contributed by atoms with Gasteiger partial charge in [0.1, 0.15) is 5.69 Å². The van der Waals surface area contributed by atoms with Crippen LogP contribution < -0.4 is 5.32 Å². The average Bonchev–Trinajstić information content (AvgIpc) is 3.30. The minimum Gasteiger partial charge on any atom is -0.305 e.